The summed E-state index contributed by atoms with van der Waals surface area (Å²) < 4.78 is 0. The van der Waals surface area contributed by atoms with Crippen molar-refractivity contribution in [1.29, 1.82) is 0 Å². The molecule has 1 fully saturated rings. The molecule has 4 N–H and O–H groups in total. The summed E-state index contributed by atoms with van der Waals surface area (Å²) >= 11 is 0. The molecular weight excluding hydrogens is 226 g/mol. The van der Waals surface area contributed by atoms with Gasteiger partial charge >= 0.3 is 0 Å². The highest BCUT2D eigenvalue weighted by Gasteiger charge is 2.20. The lowest BCUT2D eigenvalue weighted by Crippen LogP contribution is -2.42. The number of likely N-dealkylation sites (tertiary alicyclic amines) is 1. The summed E-state index contributed by atoms with van der Waals surface area (Å²) in [5, 5.41) is 0. The van der Waals surface area contributed by atoms with Gasteiger partial charge in [0.1, 0.15) is 0 Å². The van der Waals surface area contributed by atoms with Crippen molar-refractivity contribution in [1.82, 2.24) is 4.90 Å². The highest BCUT2D eigenvalue weighted by atomic mass is 35.5. The molecule has 1 amide bonds. The highest BCUT2D eigenvalue weighted by Crippen LogP contribution is 2.20. The normalized spacial score (nSPS) is 23.5. The number of rotatable bonds is 5. The van der Waals surface area contributed by atoms with E-state index < -0.39 is 0 Å². The molecule has 2 unspecified atom stereocenters. The van der Waals surface area contributed by atoms with Gasteiger partial charge in [0, 0.05) is 25.6 Å². The first-order valence-electron chi connectivity index (χ1n) is 5.84. The smallest absolute Gasteiger partial charge is 0.217 e. The van der Waals surface area contributed by atoms with Crippen molar-refractivity contribution >= 4 is 18.3 Å². The first-order chi connectivity index (χ1) is 7.08. The second-order valence-corrected chi connectivity index (χ2v) is 4.75. The molecule has 0 aromatic rings. The number of primary amides is 1. The average molecular weight is 250 g/mol. The second-order valence-electron chi connectivity index (χ2n) is 4.75. The third kappa shape index (κ3) is 6.30. The van der Waals surface area contributed by atoms with Gasteiger partial charge in [-0.3, -0.25) is 4.79 Å². The van der Waals surface area contributed by atoms with Gasteiger partial charge in [-0.05, 0) is 38.6 Å². The van der Waals surface area contributed by atoms with Gasteiger partial charge in [-0.1, -0.05) is 0 Å². The number of halogens is 1. The number of carbonyl (C=O) groups excluding carboxylic acids is 1. The molecule has 1 aliphatic heterocycles. The summed E-state index contributed by atoms with van der Waals surface area (Å²) in [6.45, 7) is 5.23. The molecule has 0 aromatic carbocycles. The lowest BCUT2D eigenvalue weighted by atomic mass is 9.93. The Morgan fingerprint density at radius 1 is 1.56 bits per heavy atom. The van der Waals surface area contributed by atoms with Crippen molar-refractivity contribution in [3.8, 4) is 0 Å². The van der Waals surface area contributed by atoms with Gasteiger partial charge < -0.3 is 16.4 Å². The van der Waals surface area contributed by atoms with E-state index in [9.17, 15) is 4.79 Å². The summed E-state index contributed by atoms with van der Waals surface area (Å²) in [5.74, 6) is 0.448. The van der Waals surface area contributed by atoms with E-state index in [2.05, 4.69) is 4.90 Å². The van der Waals surface area contributed by atoms with Crippen LogP contribution < -0.4 is 11.5 Å². The summed E-state index contributed by atoms with van der Waals surface area (Å²) in [5.41, 5.74) is 10.9. The van der Waals surface area contributed by atoms with E-state index in [4.69, 9.17) is 11.5 Å². The maximum atomic E-state index is 10.7. The Morgan fingerprint density at radius 2 is 2.25 bits per heavy atom. The molecule has 96 valence electrons. The Hall–Kier alpha value is -0.320. The molecule has 1 heterocycles. The lowest BCUT2D eigenvalue weighted by Gasteiger charge is -2.33. The van der Waals surface area contributed by atoms with Gasteiger partial charge in [-0.15, -0.1) is 12.4 Å². The number of nitrogens with two attached hydrogens (primary N) is 2. The first-order valence-corrected chi connectivity index (χ1v) is 5.84. The molecule has 0 saturated carbocycles. The van der Waals surface area contributed by atoms with Crippen LogP contribution in [0.3, 0.4) is 0 Å². The number of carbonyl (C=O) groups is 1. The molecule has 0 radical (unpaired) electrons. The fourth-order valence-electron chi connectivity index (χ4n) is 2.31. The van der Waals surface area contributed by atoms with Crippen LogP contribution in [0.2, 0.25) is 0 Å². The largest absolute Gasteiger partial charge is 0.370 e. The van der Waals surface area contributed by atoms with Crippen LogP contribution in [0.25, 0.3) is 0 Å². The van der Waals surface area contributed by atoms with Gasteiger partial charge in [0.2, 0.25) is 5.91 Å². The molecule has 16 heavy (non-hydrogen) atoms. The van der Waals surface area contributed by atoms with E-state index in [1.807, 2.05) is 6.92 Å². The number of hydrogen-bond acceptors (Lipinski definition) is 3. The Balaban J connectivity index is 0.00000225. The number of amides is 1. The molecule has 0 aromatic heterocycles. The molecule has 0 spiro atoms. The van der Waals surface area contributed by atoms with E-state index in [1.54, 1.807) is 0 Å². The minimum atomic E-state index is -0.181. The van der Waals surface area contributed by atoms with Crippen molar-refractivity contribution < 1.29 is 4.79 Å². The lowest BCUT2D eigenvalue weighted by molar-refractivity contribution is -0.118. The van der Waals surface area contributed by atoms with Crippen LogP contribution in [-0.2, 0) is 4.79 Å². The van der Waals surface area contributed by atoms with Crippen LogP contribution in [0.1, 0.15) is 32.6 Å². The fraction of sp³-hybridized carbons (Fsp3) is 0.909. The van der Waals surface area contributed by atoms with Crippen LogP contribution in [0.4, 0.5) is 0 Å². The third-order valence-electron chi connectivity index (χ3n) is 2.95. The monoisotopic (exact) mass is 249 g/mol. The predicted octanol–water partition coefficient (Wildman–Crippen LogP) is 0.733. The molecule has 1 saturated heterocycles. The Morgan fingerprint density at radius 3 is 2.81 bits per heavy atom. The molecule has 4 nitrogen and oxygen atoms in total. The molecule has 0 aliphatic carbocycles. The maximum absolute atomic E-state index is 10.7. The summed E-state index contributed by atoms with van der Waals surface area (Å²) in [7, 11) is 0. The highest BCUT2D eigenvalue weighted by molar-refractivity contribution is 5.85. The van der Waals surface area contributed by atoms with Crippen molar-refractivity contribution in [3.05, 3.63) is 0 Å². The standard InChI is InChI=1S/C11H23N3O.ClH/c1-9(12)7-14-6-2-3-10(8-14)4-5-11(13)15;/h9-10H,2-8,12H2,1H3,(H2,13,15);1H. The molecule has 5 heteroatoms. The van der Waals surface area contributed by atoms with Crippen LogP contribution in [0.5, 0.6) is 0 Å². The van der Waals surface area contributed by atoms with Crippen molar-refractivity contribution in [3.63, 3.8) is 0 Å². The van der Waals surface area contributed by atoms with Gasteiger partial charge in [0.05, 0.1) is 0 Å². The van der Waals surface area contributed by atoms with E-state index in [0.29, 0.717) is 12.3 Å². The van der Waals surface area contributed by atoms with Crippen molar-refractivity contribution in [2.75, 3.05) is 19.6 Å². The minimum absolute atomic E-state index is 0. The third-order valence-corrected chi connectivity index (χ3v) is 2.95. The van der Waals surface area contributed by atoms with Crippen LogP contribution >= 0.6 is 12.4 Å². The summed E-state index contributed by atoms with van der Waals surface area (Å²) in [6.07, 6.45) is 3.90. The number of hydrogen-bond donors (Lipinski definition) is 2. The molecule has 0 bridgehead atoms. The van der Waals surface area contributed by atoms with E-state index in [1.165, 1.54) is 12.8 Å². The first kappa shape index (κ1) is 15.7. The zero-order valence-electron chi connectivity index (χ0n) is 10.0. The predicted molar refractivity (Wildman–Crippen MR) is 68.5 cm³/mol. The minimum Gasteiger partial charge on any atom is -0.370 e. The van der Waals surface area contributed by atoms with Crippen LogP contribution in [0.15, 0.2) is 0 Å². The van der Waals surface area contributed by atoms with E-state index in [0.717, 1.165) is 26.1 Å². The summed E-state index contributed by atoms with van der Waals surface area (Å²) in [4.78, 5) is 13.1. The van der Waals surface area contributed by atoms with Crippen molar-refractivity contribution in [2.45, 2.75) is 38.6 Å². The van der Waals surface area contributed by atoms with Gasteiger partial charge in [0.25, 0.3) is 0 Å². The van der Waals surface area contributed by atoms with E-state index >= 15 is 0 Å². The average Bonchev–Trinajstić information content (AvgIpc) is 2.14. The zero-order chi connectivity index (χ0) is 11.3. The summed E-state index contributed by atoms with van der Waals surface area (Å²) in [6, 6.07) is 0.236. The number of piperidine rings is 1. The Bertz CT molecular complexity index is 211. The van der Waals surface area contributed by atoms with Crippen LogP contribution in [0, 0.1) is 5.92 Å². The van der Waals surface area contributed by atoms with Crippen LogP contribution in [-0.4, -0.2) is 36.5 Å². The number of nitrogens with zero attached hydrogens (tertiary/aromatic N) is 1. The van der Waals surface area contributed by atoms with E-state index in [-0.39, 0.29) is 24.4 Å². The Kier molecular flexibility index (Phi) is 7.72. The van der Waals surface area contributed by atoms with Gasteiger partial charge in [-0.25, -0.2) is 0 Å². The second kappa shape index (κ2) is 7.87. The van der Waals surface area contributed by atoms with Crippen molar-refractivity contribution in [2.24, 2.45) is 17.4 Å². The SMILES string of the molecule is CC(N)CN1CCCC(CCC(N)=O)C1.Cl. The quantitative estimate of drug-likeness (QED) is 0.755. The topological polar surface area (TPSA) is 72.3 Å². The van der Waals surface area contributed by atoms with Gasteiger partial charge in [0.15, 0.2) is 0 Å². The maximum Gasteiger partial charge on any atom is 0.217 e. The fourth-order valence-corrected chi connectivity index (χ4v) is 2.31. The molecule has 2 atom stereocenters. The molecule has 1 rings (SSSR count). The molecule has 1 aliphatic rings. The Labute approximate surface area is 104 Å². The van der Waals surface area contributed by atoms with Gasteiger partial charge in [-0.2, -0.15) is 0 Å². The zero-order valence-corrected chi connectivity index (χ0v) is 10.8. The molecular formula is C11H24ClN3O.